The molecule has 68 valence electrons. The van der Waals surface area contributed by atoms with E-state index in [2.05, 4.69) is 0 Å². The van der Waals surface area contributed by atoms with Crippen LogP contribution < -0.4 is 29.6 Å². The van der Waals surface area contributed by atoms with E-state index in [0.29, 0.717) is 5.56 Å². The van der Waals surface area contributed by atoms with Gasteiger partial charge in [0.1, 0.15) is 5.75 Å². The molecule has 0 radical (unpaired) electrons. The summed E-state index contributed by atoms with van der Waals surface area (Å²) in [6.45, 7) is 1.49. The molecule has 1 aromatic carbocycles. The summed E-state index contributed by atoms with van der Waals surface area (Å²) in [5.74, 6) is -0.0279. The molecule has 0 spiro atoms. The number of hydrogen-bond acceptors (Lipinski definition) is 3. The molecule has 0 atom stereocenters. The molecule has 4 nitrogen and oxygen atoms in total. The third-order valence-corrected chi connectivity index (χ3v) is 2.45. The monoisotopic (exact) mass is 212 g/mol. The van der Waals surface area contributed by atoms with E-state index in [1.807, 2.05) is 0 Å². The maximum atomic E-state index is 10.6. The largest absolute Gasteiger partial charge is 1.00 e. The molecule has 0 aliphatic heterocycles. The molecule has 1 rings (SSSR count). The van der Waals surface area contributed by atoms with Crippen LogP contribution in [0.5, 0.6) is 5.75 Å². The quantitative estimate of drug-likeness (QED) is 0.419. The molecule has 0 saturated carbocycles. The van der Waals surface area contributed by atoms with Crippen LogP contribution in [0.4, 0.5) is 0 Å². The number of hydrogen-bond donors (Lipinski definition) is 2. The Balaban J connectivity index is 0. The first-order valence-electron chi connectivity index (χ1n) is 3.18. The first-order valence-corrected chi connectivity index (χ1v) is 4.62. The first kappa shape index (κ1) is 12.9. The van der Waals surface area contributed by atoms with Crippen molar-refractivity contribution in [2.24, 2.45) is 0 Å². The van der Waals surface area contributed by atoms with E-state index >= 15 is 0 Å². The Morgan fingerprint density at radius 3 is 2.31 bits per heavy atom. The Morgan fingerprint density at radius 2 is 1.92 bits per heavy atom. The predicted molar refractivity (Wildman–Crippen MR) is 43.8 cm³/mol. The fourth-order valence-corrected chi connectivity index (χ4v) is 1.63. The molecule has 0 heterocycles. The predicted octanol–water partition coefficient (Wildman–Crippen LogP) is -1.94. The summed E-state index contributed by atoms with van der Waals surface area (Å²) in [6.07, 6.45) is 0. The van der Waals surface area contributed by atoms with Crippen LogP contribution in [0.25, 0.3) is 0 Å². The van der Waals surface area contributed by atoms with Crippen molar-refractivity contribution in [2.45, 2.75) is 11.8 Å². The van der Waals surface area contributed by atoms with Gasteiger partial charge in [-0.15, -0.1) is 0 Å². The minimum Gasteiger partial charge on any atom is -1.00 e. The van der Waals surface area contributed by atoms with Gasteiger partial charge in [-0.1, -0.05) is 0 Å². The standard InChI is InChI=1S/C7H8O4S.Na.H/c1-5-4-6(8)2-3-7(5)12(9,10)11;;/h2-4,8H,1H3,(H,9,10,11);;/q;+1;-1. The van der Waals surface area contributed by atoms with Crippen molar-refractivity contribution in [3.05, 3.63) is 23.8 Å². The van der Waals surface area contributed by atoms with Gasteiger partial charge in [0.05, 0.1) is 4.90 Å². The first-order chi connectivity index (χ1) is 5.41. The van der Waals surface area contributed by atoms with Crippen LogP contribution in [0.2, 0.25) is 0 Å². The smallest absolute Gasteiger partial charge is 1.00 e. The van der Waals surface area contributed by atoms with Gasteiger partial charge >= 0.3 is 29.6 Å². The molecule has 0 bridgehead atoms. The van der Waals surface area contributed by atoms with Gasteiger partial charge in [0.15, 0.2) is 0 Å². The normalized spacial score (nSPS) is 10.6. The zero-order chi connectivity index (χ0) is 9.35. The van der Waals surface area contributed by atoms with Gasteiger partial charge in [-0.05, 0) is 30.7 Å². The van der Waals surface area contributed by atoms with Gasteiger partial charge in [-0.3, -0.25) is 4.55 Å². The summed E-state index contributed by atoms with van der Waals surface area (Å²) < 4.78 is 29.9. The van der Waals surface area contributed by atoms with Crippen LogP contribution in [0.1, 0.15) is 6.99 Å². The topological polar surface area (TPSA) is 74.6 Å². The third kappa shape index (κ3) is 3.28. The van der Waals surface area contributed by atoms with Crippen LogP contribution in [0, 0.1) is 6.92 Å². The molecular weight excluding hydrogens is 203 g/mol. The number of benzene rings is 1. The Labute approximate surface area is 100 Å². The van der Waals surface area contributed by atoms with E-state index < -0.39 is 10.1 Å². The number of phenolic OH excluding ortho intramolecular Hbond substituents is 1. The Kier molecular flexibility index (Phi) is 4.41. The van der Waals surface area contributed by atoms with Crippen LogP contribution in [0.3, 0.4) is 0 Å². The second-order valence-electron chi connectivity index (χ2n) is 2.42. The maximum Gasteiger partial charge on any atom is 1.00 e. The number of phenols is 1. The average molecular weight is 212 g/mol. The molecule has 13 heavy (non-hydrogen) atoms. The molecule has 0 aromatic heterocycles. The summed E-state index contributed by atoms with van der Waals surface area (Å²) in [6, 6.07) is 3.62. The zero-order valence-corrected chi connectivity index (χ0v) is 10.2. The molecule has 0 unspecified atom stereocenters. The molecule has 0 fully saturated rings. The number of rotatable bonds is 1. The van der Waals surface area contributed by atoms with E-state index in [-0.39, 0.29) is 41.6 Å². The third-order valence-electron chi connectivity index (χ3n) is 1.44. The number of aryl methyl sites for hydroxylation is 1. The Morgan fingerprint density at radius 1 is 1.38 bits per heavy atom. The molecule has 6 heteroatoms. The summed E-state index contributed by atoms with van der Waals surface area (Å²) >= 11 is 0. The van der Waals surface area contributed by atoms with Crippen molar-refractivity contribution in [1.29, 1.82) is 0 Å². The van der Waals surface area contributed by atoms with Crippen molar-refractivity contribution >= 4 is 10.1 Å². The zero-order valence-electron chi connectivity index (χ0n) is 8.35. The Bertz CT molecular complexity index is 404. The minimum atomic E-state index is -4.16. The van der Waals surface area contributed by atoms with Crippen LogP contribution in [-0.4, -0.2) is 18.1 Å². The average Bonchev–Trinajstić information content (AvgIpc) is 1.83. The van der Waals surface area contributed by atoms with Gasteiger partial charge in [-0.2, -0.15) is 8.42 Å². The van der Waals surface area contributed by atoms with Gasteiger partial charge < -0.3 is 6.53 Å². The second kappa shape index (κ2) is 4.43. The van der Waals surface area contributed by atoms with Crippen molar-refractivity contribution in [3.8, 4) is 5.75 Å². The Hall–Kier alpha value is -0.0700. The van der Waals surface area contributed by atoms with E-state index in [1.165, 1.54) is 19.1 Å². The van der Waals surface area contributed by atoms with E-state index in [4.69, 9.17) is 9.66 Å². The minimum absolute atomic E-state index is 0. The summed E-state index contributed by atoms with van der Waals surface area (Å²) in [5.41, 5.74) is 0.317. The van der Waals surface area contributed by atoms with Gasteiger partial charge in [-0.25, -0.2) is 0 Å². The van der Waals surface area contributed by atoms with Gasteiger partial charge in [0.25, 0.3) is 10.1 Å². The van der Waals surface area contributed by atoms with Gasteiger partial charge in [0.2, 0.25) is 0 Å². The van der Waals surface area contributed by atoms with Crippen LogP contribution in [0.15, 0.2) is 23.1 Å². The fraction of sp³-hybridized carbons (Fsp3) is 0.143. The van der Waals surface area contributed by atoms with E-state index in [1.54, 1.807) is 0 Å². The van der Waals surface area contributed by atoms with Crippen LogP contribution >= 0.6 is 0 Å². The molecule has 0 amide bonds. The van der Waals surface area contributed by atoms with Crippen molar-refractivity contribution < 1.29 is 49.1 Å². The molecule has 0 aliphatic rings. The van der Waals surface area contributed by atoms with Gasteiger partial charge in [0, 0.05) is 0 Å². The van der Waals surface area contributed by atoms with E-state index in [0.717, 1.165) is 6.07 Å². The fourth-order valence-electron chi connectivity index (χ4n) is 0.923. The van der Waals surface area contributed by atoms with Crippen LogP contribution in [-0.2, 0) is 10.1 Å². The summed E-state index contributed by atoms with van der Waals surface area (Å²) in [5, 5.41) is 8.93. The maximum absolute atomic E-state index is 10.6. The molecule has 1 aromatic rings. The molecule has 0 saturated heterocycles. The summed E-state index contributed by atoms with van der Waals surface area (Å²) in [7, 11) is -4.16. The number of aromatic hydroxyl groups is 1. The molecule has 0 aliphatic carbocycles. The van der Waals surface area contributed by atoms with E-state index in [9.17, 15) is 8.42 Å². The van der Waals surface area contributed by atoms with Crippen molar-refractivity contribution in [2.75, 3.05) is 0 Å². The van der Waals surface area contributed by atoms with Crippen molar-refractivity contribution in [1.82, 2.24) is 0 Å². The SMILES string of the molecule is Cc1cc(O)ccc1S(=O)(=O)O.[H-].[Na+]. The second-order valence-corrected chi connectivity index (χ2v) is 3.81. The van der Waals surface area contributed by atoms with Crippen molar-refractivity contribution in [3.63, 3.8) is 0 Å². The molecular formula is C7H9NaO4S. The molecule has 2 N–H and O–H groups in total. The summed E-state index contributed by atoms with van der Waals surface area (Å²) in [4.78, 5) is -0.180.